The smallest absolute Gasteiger partial charge is 0.178 e. The molecule has 0 unspecified atom stereocenters. The first-order valence-corrected chi connectivity index (χ1v) is 4.87. The molecule has 0 spiro atoms. The molecule has 2 aromatic rings. The van der Waals surface area contributed by atoms with Crippen LogP contribution in [0.4, 0.5) is 0 Å². The number of hydrogen-bond acceptors (Lipinski definition) is 2. The third kappa shape index (κ3) is 1.21. The van der Waals surface area contributed by atoms with Gasteiger partial charge in [-0.3, -0.25) is 0 Å². The van der Waals surface area contributed by atoms with E-state index < -0.39 is 0 Å². The van der Waals surface area contributed by atoms with E-state index in [2.05, 4.69) is 20.9 Å². The summed E-state index contributed by atoms with van der Waals surface area (Å²) in [7, 11) is 0. The zero-order valence-corrected chi connectivity index (χ0v) is 8.74. The minimum absolute atomic E-state index is 0.227. The van der Waals surface area contributed by atoms with E-state index in [0.717, 1.165) is 16.8 Å². The highest BCUT2D eigenvalue weighted by atomic mass is 79.9. The van der Waals surface area contributed by atoms with Gasteiger partial charge >= 0.3 is 0 Å². The van der Waals surface area contributed by atoms with E-state index in [1.165, 1.54) is 0 Å². The number of nitrogens with zero attached hydrogens (tertiary/aromatic N) is 2. The maximum absolute atomic E-state index is 9.51. The molecule has 0 saturated carbocycles. The molecule has 0 fully saturated rings. The summed E-state index contributed by atoms with van der Waals surface area (Å²) in [5.41, 5.74) is 1.60. The summed E-state index contributed by atoms with van der Waals surface area (Å²) in [5, 5.41) is 9.51. The van der Waals surface area contributed by atoms with Gasteiger partial charge in [0.25, 0.3) is 0 Å². The Labute approximate surface area is 84.1 Å². The molecule has 68 valence electrons. The molecule has 1 N–H and O–H groups in total. The molecule has 0 amide bonds. The lowest BCUT2D eigenvalue weighted by molar-refractivity contribution is 0.480. The van der Waals surface area contributed by atoms with E-state index in [1.807, 2.05) is 23.6 Å². The first kappa shape index (κ1) is 8.56. The number of fused-ring (bicyclic) bond motifs is 1. The van der Waals surface area contributed by atoms with Gasteiger partial charge in [-0.25, -0.2) is 4.98 Å². The Kier molecular flexibility index (Phi) is 2.00. The molecule has 4 heteroatoms. The van der Waals surface area contributed by atoms with Crippen LogP contribution in [-0.4, -0.2) is 14.7 Å². The van der Waals surface area contributed by atoms with E-state index in [9.17, 15) is 5.11 Å². The van der Waals surface area contributed by atoms with Crippen molar-refractivity contribution in [3.63, 3.8) is 0 Å². The van der Waals surface area contributed by atoms with E-state index in [-0.39, 0.29) is 5.75 Å². The van der Waals surface area contributed by atoms with Crippen LogP contribution in [-0.2, 0) is 6.54 Å². The average Bonchev–Trinajstić information content (AvgIpc) is 2.43. The number of para-hydroxylation sites is 1. The predicted octanol–water partition coefficient (Wildman–Crippen LogP) is 2.52. The van der Waals surface area contributed by atoms with Gasteiger partial charge in [-0.05, 0) is 35.0 Å². The summed E-state index contributed by atoms with van der Waals surface area (Å²) in [6.45, 7) is 2.87. The fourth-order valence-corrected chi connectivity index (χ4v) is 2.02. The number of aryl methyl sites for hydroxylation is 1. The van der Waals surface area contributed by atoms with E-state index in [0.29, 0.717) is 5.52 Å². The van der Waals surface area contributed by atoms with Gasteiger partial charge in [0.2, 0.25) is 0 Å². The molecule has 3 nitrogen and oxygen atoms in total. The first-order valence-electron chi connectivity index (χ1n) is 4.07. The largest absolute Gasteiger partial charge is 0.506 e. The maximum Gasteiger partial charge on any atom is 0.178 e. The third-order valence-electron chi connectivity index (χ3n) is 2.03. The standard InChI is InChI=1S/C9H9BrN2O/c1-2-12-6-4-3-5-7(13)8(6)11-9(12)10/h3-5,13H,2H2,1H3. The number of phenolic OH excluding ortho intramolecular Hbond substituents is 1. The second-order valence-electron chi connectivity index (χ2n) is 2.77. The van der Waals surface area contributed by atoms with E-state index in [1.54, 1.807) is 6.07 Å². The monoisotopic (exact) mass is 240 g/mol. The first-order chi connectivity index (χ1) is 6.24. The van der Waals surface area contributed by atoms with Gasteiger partial charge < -0.3 is 9.67 Å². The fraction of sp³-hybridized carbons (Fsp3) is 0.222. The molecule has 0 bridgehead atoms. The number of hydrogen-bond donors (Lipinski definition) is 1. The molecule has 1 heterocycles. The zero-order chi connectivity index (χ0) is 9.42. The topological polar surface area (TPSA) is 38.0 Å². The van der Waals surface area contributed by atoms with Crippen molar-refractivity contribution in [2.75, 3.05) is 0 Å². The van der Waals surface area contributed by atoms with Crippen LogP contribution in [0, 0.1) is 0 Å². The average molecular weight is 241 g/mol. The Bertz CT molecular complexity index is 450. The molecular formula is C9H9BrN2O. The van der Waals surface area contributed by atoms with Crippen molar-refractivity contribution < 1.29 is 5.11 Å². The predicted molar refractivity (Wildman–Crippen MR) is 54.8 cm³/mol. The van der Waals surface area contributed by atoms with Crippen LogP contribution in [0.25, 0.3) is 11.0 Å². The van der Waals surface area contributed by atoms with Gasteiger partial charge in [0, 0.05) is 6.54 Å². The molecule has 1 aromatic heterocycles. The van der Waals surface area contributed by atoms with Gasteiger partial charge in [0.15, 0.2) is 4.73 Å². The van der Waals surface area contributed by atoms with Crippen molar-refractivity contribution in [2.45, 2.75) is 13.5 Å². The molecule has 0 atom stereocenters. The second kappa shape index (κ2) is 3.03. The summed E-state index contributed by atoms with van der Waals surface area (Å²) < 4.78 is 2.75. The molecule has 0 aliphatic rings. The van der Waals surface area contributed by atoms with Crippen molar-refractivity contribution in [2.24, 2.45) is 0 Å². The van der Waals surface area contributed by atoms with Crippen molar-refractivity contribution in [3.05, 3.63) is 22.9 Å². The number of halogens is 1. The molecule has 0 saturated heterocycles. The number of benzene rings is 1. The Morgan fingerprint density at radius 1 is 1.54 bits per heavy atom. The number of imidazole rings is 1. The molecule has 0 aliphatic carbocycles. The maximum atomic E-state index is 9.51. The molecular weight excluding hydrogens is 232 g/mol. The number of aromatic nitrogens is 2. The molecule has 13 heavy (non-hydrogen) atoms. The number of rotatable bonds is 1. The van der Waals surface area contributed by atoms with Crippen molar-refractivity contribution in [1.82, 2.24) is 9.55 Å². The lowest BCUT2D eigenvalue weighted by Crippen LogP contribution is -1.92. The Hall–Kier alpha value is -1.03. The van der Waals surface area contributed by atoms with E-state index >= 15 is 0 Å². The second-order valence-corrected chi connectivity index (χ2v) is 3.48. The van der Waals surface area contributed by atoms with Gasteiger partial charge in [0.1, 0.15) is 11.3 Å². The van der Waals surface area contributed by atoms with Gasteiger partial charge in [-0.1, -0.05) is 6.07 Å². The van der Waals surface area contributed by atoms with Crippen LogP contribution < -0.4 is 0 Å². The van der Waals surface area contributed by atoms with Crippen molar-refractivity contribution in [3.8, 4) is 5.75 Å². The lowest BCUT2D eigenvalue weighted by atomic mass is 10.3. The van der Waals surface area contributed by atoms with Gasteiger partial charge in [0.05, 0.1) is 5.52 Å². The highest BCUT2D eigenvalue weighted by molar-refractivity contribution is 9.10. The number of phenols is 1. The van der Waals surface area contributed by atoms with Gasteiger partial charge in [-0.15, -0.1) is 0 Å². The summed E-state index contributed by atoms with van der Waals surface area (Å²) in [4.78, 5) is 4.21. The molecule has 0 radical (unpaired) electrons. The summed E-state index contributed by atoms with van der Waals surface area (Å²) in [6, 6.07) is 5.40. The highest BCUT2D eigenvalue weighted by Crippen LogP contribution is 2.26. The normalized spacial score (nSPS) is 10.9. The van der Waals surface area contributed by atoms with Crippen LogP contribution in [0.2, 0.25) is 0 Å². The highest BCUT2D eigenvalue weighted by Gasteiger charge is 2.09. The van der Waals surface area contributed by atoms with Gasteiger partial charge in [-0.2, -0.15) is 0 Å². The van der Waals surface area contributed by atoms with E-state index in [4.69, 9.17) is 0 Å². The van der Waals surface area contributed by atoms with Crippen LogP contribution in [0.15, 0.2) is 22.9 Å². The van der Waals surface area contributed by atoms with Crippen molar-refractivity contribution in [1.29, 1.82) is 0 Å². The minimum atomic E-state index is 0.227. The van der Waals surface area contributed by atoms with Crippen LogP contribution >= 0.6 is 15.9 Å². The summed E-state index contributed by atoms with van der Waals surface area (Å²) in [5.74, 6) is 0.227. The molecule has 0 aliphatic heterocycles. The summed E-state index contributed by atoms with van der Waals surface area (Å²) >= 11 is 3.34. The van der Waals surface area contributed by atoms with Crippen molar-refractivity contribution >= 4 is 27.0 Å². The van der Waals surface area contributed by atoms with Crippen LogP contribution in [0.1, 0.15) is 6.92 Å². The molecule has 2 rings (SSSR count). The quantitative estimate of drug-likeness (QED) is 0.832. The number of aromatic hydroxyl groups is 1. The zero-order valence-electron chi connectivity index (χ0n) is 7.16. The van der Waals surface area contributed by atoms with Crippen LogP contribution in [0.3, 0.4) is 0 Å². The lowest BCUT2D eigenvalue weighted by Gasteiger charge is -1.99. The summed E-state index contributed by atoms with van der Waals surface area (Å²) in [6.07, 6.45) is 0. The Balaban J connectivity index is 2.86. The Morgan fingerprint density at radius 3 is 3.00 bits per heavy atom. The van der Waals surface area contributed by atoms with Crippen LogP contribution in [0.5, 0.6) is 5.75 Å². The molecule has 1 aromatic carbocycles. The fourth-order valence-electron chi connectivity index (χ4n) is 1.40. The third-order valence-corrected chi connectivity index (χ3v) is 2.63. The minimum Gasteiger partial charge on any atom is -0.506 e. The SMILES string of the molecule is CCn1c(Br)nc2c(O)cccc21. The Morgan fingerprint density at radius 2 is 2.31 bits per heavy atom.